The SMILES string of the molecule is C=C(C)CC(NC(=O)C(CC(F)CNC=O)C(C)NC(=C)c1ccc(N)c(Cl)c1C)C(CCC)OC1CCCC(C)C1.CCC. The van der Waals surface area contributed by atoms with E-state index in [1.165, 1.54) is 12.8 Å². The summed E-state index contributed by atoms with van der Waals surface area (Å²) in [7, 11) is 0. The normalized spacial score (nSPS) is 19.5. The Morgan fingerprint density at radius 2 is 1.89 bits per heavy atom. The number of nitrogens with two attached hydrogens (primary N) is 1. The van der Waals surface area contributed by atoms with Gasteiger partial charge in [0.2, 0.25) is 12.3 Å². The van der Waals surface area contributed by atoms with Gasteiger partial charge < -0.3 is 26.4 Å². The van der Waals surface area contributed by atoms with Crippen LogP contribution in [-0.2, 0) is 14.3 Å². The van der Waals surface area contributed by atoms with E-state index >= 15 is 4.39 Å². The molecule has 0 aliphatic heterocycles. The van der Waals surface area contributed by atoms with Crippen molar-refractivity contribution in [3.8, 4) is 0 Å². The summed E-state index contributed by atoms with van der Waals surface area (Å²) in [6, 6.07) is 2.74. The summed E-state index contributed by atoms with van der Waals surface area (Å²) in [5, 5.41) is 9.36. The highest BCUT2D eigenvalue weighted by Gasteiger charge is 2.34. The highest BCUT2D eigenvalue weighted by atomic mass is 35.5. The van der Waals surface area contributed by atoms with Crippen molar-refractivity contribution in [2.45, 2.75) is 137 Å². The molecule has 0 radical (unpaired) electrons. The summed E-state index contributed by atoms with van der Waals surface area (Å²) < 4.78 is 21.7. The van der Waals surface area contributed by atoms with E-state index in [1.807, 2.05) is 26.8 Å². The van der Waals surface area contributed by atoms with Gasteiger partial charge in [0.05, 0.1) is 34.9 Å². The molecular formula is C36H60ClFN4O3. The van der Waals surface area contributed by atoms with E-state index in [9.17, 15) is 9.59 Å². The van der Waals surface area contributed by atoms with Crippen LogP contribution < -0.4 is 21.7 Å². The zero-order valence-corrected chi connectivity index (χ0v) is 29.6. The van der Waals surface area contributed by atoms with Gasteiger partial charge >= 0.3 is 0 Å². The molecule has 0 spiro atoms. The van der Waals surface area contributed by atoms with Crippen molar-refractivity contribution in [3.05, 3.63) is 47.0 Å². The molecule has 256 valence electrons. The predicted molar refractivity (Wildman–Crippen MR) is 188 cm³/mol. The number of benzene rings is 1. The lowest BCUT2D eigenvalue weighted by Gasteiger charge is -2.36. The molecule has 0 aromatic heterocycles. The largest absolute Gasteiger partial charge is 0.398 e. The van der Waals surface area contributed by atoms with Crippen LogP contribution in [0.5, 0.6) is 0 Å². The van der Waals surface area contributed by atoms with Crippen LogP contribution in [0.1, 0.15) is 110 Å². The second-order valence-corrected chi connectivity index (χ2v) is 13.2. The third kappa shape index (κ3) is 14.2. The van der Waals surface area contributed by atoms with E-state index in [0.29, 0.717) is 35.2 Å². The van der Waals surface area contributed by atoms with Crippen molar-refractivity contribution < 1.29 is 18.7 Å². The Balaban J connectivity index is 0.00000324. The highest BCUT2D eigenvalue weighted by Crippen LogP contribution is 2.31. The summed E-state index contributed by atoms with van der Waals surface area (Å²) in [5.41, 5.74) is 9.43. The van der Waals surface area contributed by atoms with Crippen LogP contribution in [-0.4, -0.2) is 49.3 Å². The molecule has 7 atom stereocenters. The van der Waals surface area contributed by atoms with Gasteiger partial charge in [0.1, 0.15) is 6.17 Å². The molecule has 2 rings (SSSR count). The van der Waals surface area contributed by atoms with Crippen LogP contribution in [0.2, 0.25) is 5.02 Å². The van der Waals surface area contributed by atoms with Crippen molar-refractivity contribution in [1.29, 1.82) is 0 Å². The first-order valence-electron chi connectivity index (χ1n) is 16.7. The summed E-state index contributed by atoms with van der Waals surface area (Å²) in [4.78, 5) is 24.8. The number of alkyl halides is 1. The topological polar surface area (TPSA) is 105 Å². The fourth-order valence-electron chi connectivity index (χ4n) is 5.90. The summed E-state index contributed by atoms with van der Waals surface area (Å²) >= 11 is 6.36. The standard InChI is InChI=1S/C33H52ClFN4O3.C3H8/c1-8-10-31(42-26-12-9-11-21(4)16-26)30(15-20(2)3)39-33(41)28(17-25(35)18-37-19-40)24(7)38-23(6)27-13-14-29(36)32(34)22(27)5;1-3-2/h13-14,19,21,24-26,28,30-31,38H,2,6,8-12,15-18,36H2,1,3-5,7H3,(H,37,40)(H,39,41);3H2,1-2H3. The quantitative estimate of drug-likeness (QED) is 0.0734. The molecule has 7 nitrogen and oxygen atoms in total. The second-order valence-electron chi connectivity index (χ2n) is 12.9. The number of nitrogen functional groups attached to an aromatic ring is 1. The lowest BCUT2D eigenvalue weighted by atomic mass is 9.88. The van der Waals surface area contributed by atoms with E-state index in [-0.39, 0.29) is 37.1 Å². The molecule has 0 heterocycles. The summed E-state index contributed by atoms with van der Waals surface area (Å²) in [6.07, 6.45) is 6.85. The second kappa shape index (κ2) is 21.3. The Kier molecular flexibility index (Phi) is 19.1. The zero-order chi connectivity index (χ0) is 34.1. The van der Waals surface area contributed by atoms with E-state index in [2.05, 4.69) is 56.8 Å². The van der Waals surface area contributed by atoms with Crippen LogP contribution in [0.4, 0.5) is 10.1 Å². The number of amides is 2. The van der Waals surface area contributed by atoms with Gasteiger partial charge in [-0.3, -0.25) is 9.59 Å². The Labute approximate surface area is 277 Å². The Hall–Kier alpha value is -2.58. The van der Waals surface area contributed by atoms with Crippen LogP contribution in [0.3, 0.4) is 0 Å². The maximum Gasteiger partial charge on any atom is 0.225 e. The zero-order valence-electron chi connectivity index (χ0n) is 28.8. The predicted octanol–water partition coefficient (Wildman–Crippen LogP) is 7.90. The highest BCUT2D eigenvalue weighted by molar-refractivity contribution is 6.34. The average molecular weight is 651 g/mol. The van der Waals surface area contributed by atoms with Gasteiger partial charge in [0.25, 0.3) is 0 Å². The smallest absolute Gasteiger partial charge is 0.225 e. The van der Waals surface area contributed by atoms with Crippen molar-refractivity contribution in [1.82, 2.24) is 16.0 Å². The van der Waals surface area contributed by atoms with Gasteiger partial charge in [-0.15, -0.1) is 6.58 Å². The fourth-order valence-corrected chi connectivity index (χ4v) is 6.06. The van der Waals surface area contributed by atoms with Gasteiger partial charge in [-0.1, -0.05) is 83.2 Å². The number of nitrogens with one attached hydrogen (secondary N) is 3. The van der Waals surface area contributed by atoms with Gasteiger partial charge in [0, 0.05) is 23.8 Å². The van der Waals surface area contributed by atoms with Gasteiger partial charge in [-0.05, 0) is 70.4 Å². The minimum absolute atomic E-state index is 0.0885. The number of carbonyl (C=O) groups excluding carboxylic acids is 2. The van der Waals surface area contributed by atoms with Crippen molar-refractivity contribution >= 4 is 35.3 Å². The molecule has 45 heavy (non-hydrogen) atoms. The number of hydrogen-bond donors (Lipinski definition) is 4. The third-order valence-electron chi connectivity index (χ3n) is 8.19. The van der Waals surface area contributed by atoms with Crippen LogP contribution >= 0.6 is 11.6 Å². The van der Waals surface area contributed by atoms with E-state index in [4.69, 9.17) is 22.1 Å². The molecular weight excluding hydrogens is 591 g/mol. The minimum Gasteiger partial charge on any atom is -0.398 e. The van der Waals surface area contributed by atoms with E-state index in [0.717, 1.165) is 48.8 Å². The van der Waals surface area contributed by atoms with E-state index in [1.54, 1.807) is 6.07 Å². The van der Waals surface area contributed by atoms with Gasteiger partial charge in [-0.2, -0.15) is 0 Å². The lowest BCUT2D eigenvalue weighted by molar-refractivity contribution is -0.129. The summed E-state index contributed by atoms with van der Waals surface area (Å²) in [6.45, 7) is 22.3. The minimum atomic E-state index is -1.41. The van der Waals surface area contributed by atoms with Gasteiger partial charge in [0.15, 0.2) is 0 Å². The molecule has 1 aliphatic carbocycles. The number of rotatable bonds is 18. The maximum atomic E-state index is 15.0. The number of halogens is 2. The molecule has 2 amide bonds. The Morgan fingerprint density at radius 3 is 2.47 bits per heavy atom. The monoisotopic (exact) mass is 650 g/mol. The van der Waals surface area contributed by atoms with Crippen molar-refractivity contribution in [2.24, 2.45) is 11.8 Å². The molecule has 1 aromatic rings. The maximum absolute atomic E-state index is 15.0. The molecule has 0 saturated heterocycles. The first kappa shape index (κ1) is 40.4. The molecule has 9 heteroatoms. The van der Waals surface area contributed by atoms with Crippen molar-refractivity contribution in [3.63, 3.8) is 0 Å². The molecule has 1 aliphatic rings. The van der Waals surface area contributed by atoms with Crippen LogP contribution in [0.15, 0.2) is 30.9 Å². The first-order valence-corrected chi connectivity index (χ1v) is 17.1. The molecule has 7 unspecified atom stereocenters. The van der Waals surface area contributed by atoms with Crippen LogP contribution in [0.25, 0.3) is 5.70 Å². The van der Waals surface area contributed by atoms with Gasteiger partial charge in [-0.25, -0.2) is 4.39 Å². The number of hydrogen-bond acceptors (Lipinski definition) is 5. The lowest BCUT2D eigenvalue weighted by Crippen LogP contribution is -2.51. The third-order valence-corrected chi connectivity index (χ3v) is 8.69. The van der Waals surface area contributed by atoms with Crippen molar-refractivity contribution in [2.75, 3.05) is 12.3 Å². The molecule has 0 bridgehead atoms. The Morgan fingerprint density at radius 1 is 1.22 bits per heavy atom. The Bertz CT molecular complexity index is 1080. The first-order chi connectivity index (χ1) is 21.3. The number of carbonyl (C=O) groups is 2. The summed E-state index contributed by atoms with van der Waals surface area (Å²) in [5.74, 6) is -0.429. The number of ether oxygens (including phenoxy) is 1. The fraction of sp³-hybridized carbons (Fsp3) is 0.667. The molecule has 5 N–H and O–H groups in total. The molecule has 1 fully saturated rings. The average Bonchev–Trinajstić information content (AvgIpc) is 2.97. The van der Waals surface area contributed by atoms with E-state index < -0.39 is 18.1 Å². The van der Waals surface area contributed by atoms with Crippen LogP contribution in [0, 0.1) is 18.8 Å². The molecule has 1 saturated carbocycles. The number of anilines is 1. The molecule has 1 aromatic carbocycles.